The lowest BCUT2D eigenvalue weighted by Gasteiger charge is -2.20. The fourth-order valence-electron chi connectivity index (χ4n) is 1.79. The topological polar surface area (TPSA) is 29.5 Å². The van der Waals surface area contributed by atoms with E-state index in [4.69, 9.17) is 4.74 Å². The third-order valence-electron chi connectivity index (χ3n) is 2.64. The summed E-state index contributed by atoms with van der Waals surface area (Å²) in [5.41, 5.74) is 1.02. The van der Waals surface area contributed by atoms with Gasteiger partial charge in [-0.1, -0.05) is 19.1 Å². The molecule has 0 aliphatic carbocycles. The number of carbonyl (C=O) groups is 1. The second-order valence-electron chi connectivity index (χ2n) is 4.48. The summed E-state index contributed by atoms with van der Waals surface area (Å²) in [6.45, 7) is 5.36. The van der Waals surface area contributed by atoms with Gasteiger partial charge >= 0.3 is 5.97 Å². The summed E-state index contributed by atoms with van der Waals surface area (Å²) in [4.78, 5) is 13.5. The number of ether oxygens (including phenoxy) is 1. The maximum Gasteiger partial charge on any atom is 0.309 e. The molecule has 18 heavy (non-hydrogen) atoms. The molecule has 0 fully saturated rings. The zero-order valence-electron chi connectivity index (χ0n) is 11.1. The molecule has 0 aromatic heterocycles. The van der Waals surface area contributed by atoms with Crippen molar-refractivity contribution in [1.29, 1.82) is 0 Å². The van der Waals surface area contributed by atoms with Gasteiger partial charge in [0.25, 0.3) is 0 Å². The smallest absolute Gasteiger partial charge is 0.309 e. The maximum absolute atomic E-state index is 12.8. The first kappa shape index (κ1) is 14.6. The Morgan fingerprint density at radius 2 is 2.00 bits per heavy atom. The van der Waals surface area contributed by atoms with E-state index < -0.39 is 0 Å². The normalized spacial score (nSPS) is 12.5. The quantitative estimate of drug-likeness (QED) is 0.729. The summed E-state index contributed by atoms with van der Waals surface area (Å²) in [6, 6.07) is 6.39. The van der Waals surface area contributed by atoms with Crippen LogP contribution in [-0.2, 0) is 16.1 Å². The fraction of sp³-hybridized carbons (Fsp3) is 0.500. The number of benzene rings is 1. The second kappa shape index (κ2) is 7.11. The first-order chi connectivity index (χ1) is 8.52. The Kier molecular flexibility index (Phi) is 5.78. The molecule has 0 bridgehead atoms. The van der Waals surface area contributed by atoms with E-state index in [9.17, 15) is 9.18 Å². The molecular formula is C14H20FNO2. The molecule has 1 aromatic rings. The van der Waals surface area contributed by atoms with Crippen molar-refractivity contribution in [3.63, 3.8) is 0 Å². The highest BCUT2D eigenvalue weighted by molar-refractivity contribution is 5.72. The average Bonchev–Trinajstić information content (AvgIpc) is 2.32. The maximum atomic E-state index is 12.8. The van der Waals surface area contributed by atoms with Crippen molar-refractivity contribution in [2.24, 2.45) is 5.92 Å². The summed E-state index contributed by atoms with van der Waals surface area (Å²) >= 11 is 0. The van der Waals surface area contributed by atoms with Crippen molar-refractivity contribution >= 4 is 5.97 Å². The summed E-state index contributed by atoms with van der Waals surface area (Å²) in [6.07, 6.45) is 0. The van der Waals surface area contributed by atoms with Crippen LogP contribution in [0.1, 0.15) is 19.4 Å². The minimum atomic E-state index is -0.235. The lowest BCUT2D eigenvalue weighted by molar-refractivity contribution is -0.147. The molecule has 0 amide bonds. The van der Waals surface area contributed by atoms with Gasteiger partial charge in [-0.3, -0.25) is 4.79 Å². The molecule has 1 unspecified atom stereocenters. The Morgan fingerprint density at radius 1 is 1.39 bits per heavy atom. The van der Waals surface area contributed by atoms with E-state index >= 15 is 0 Å². The Bertz CT molecular complexity index is 378. The van der Waals surface area contributed by atoms with E-state index in [0.29, 0.717) is 19.7 Å². The van der Waals surface area contributed by atoms with Gasteiger partial charge in [-0.2, -0.15) is 0 Å². The van der Waals surface area contributed by atoms with E-state index in [0.717, 1.165) is 5.56 Å². The van der Waals surface area contributed by atoms with Crippen molar-refractivity contribution in [3.8, 4) is 0 Å². The first-order valence-corrected chi connectivity index (χ1v) is 6.12. The Balaban J connectivity index is 2.43. The summed E-state index contributed by atoms with van der Waals surface area (Å²) in [5, 5.41) is 0. The van der Waals surface area contributed by atoms with Crippen LogP contribution in [0.25, 0.3) is 0 Å². The van der Waals surface area contributed by atoms with Crippen LogP contribution in [-0.4, -0.2) is 31.1 Å². The molecule has 0 N–H and O–H groups in total. The van der Waals surface area contributed by atoms with Crippen molar-refractivity contribution in [2.75, 3.05) is 20.2 Å². The van der Waals surface area contributed by atoms with E-state index in [-0.39, 0.29) is 17.7 Å². The van der Waals surface area contributed by atoms with Gasteiger partial charge in [0.1, 0.15) is 5.82 Å². The molecule has 1 aromatic carbocycles. The molecule has 0 spiro atoms. The highest BCUT2D eigenvalue weighted by atomic mass is 19.1. The van der Waals surface area contributed by atoms with Crippen molar-refractivity contribution in [1.82, 2.24) is 4.90 Å². The predicted molar refractivity (Wildman–Crippen MR) is 68.5 cm³/mol. The van der Waals surface area contributed by atoms with Crippen molar-refractivity contribution in [3.05, 3.63) is 35.6 Å². The van der Waals surface area contributed by atoms with E-state index in [2.05, 4.69) is 0 Å². The zero-order valence-corrected chi connectivity index (χ0v) is 11.1. The molecule has 0 aliphatic rings. The highest BCUT2D eigenvalue weighted by Crippen LogP contribution is 2.08. The number of carbonyl (C=O) groups excluding carboxylic acids is 1. The summed E-state index contributed by atoms with van der Waals surface area (Å²) in [5.74, 6) is -0.569. The van der Waals surface area contributed by atoms with Crippen LogP contribution in [0.5, 0.6) is 0 Å². The molecule has 4 heteroatoms. The van der Waals surface area contributed by atoms with Crippen LogP contribution in [0.2, 0.25) is 0 Å². The minimum absolute atomic E-state index is 0.157. The van der Waals surface area contributed by atoms with Gasteiger partial charge in [0, 0.05) is 13.1 Å². The average molecular weight is 253 g/mol. The van der Waals surface area contributed by atoms with Gasteiger partial charge in [0.2, 0.25) is 0 Å². The lowest BCUT2D eigenvalue weighted by Crippen LogP contribution is -2.29. The van der Waals surface area contributed by atoms with E-state index in [1.165, 1.54) is 12.1 Å². The molecule has 0 saturated heterocycles. The molecule has 0 saturated carbocycles. The molecule has 3 nitrogen and oxygen atoms in total. The Morgan fingerprint density at radius 3 is 2.56 bits per heavy atom. The number of hydrogen-bond acceptors (Lipinski definition) is 3. The molecule has 1 atom stereocenters. The third kappa shape index (κ3) is 4.84. The number of nitrogens with zero attached hydrogens (tertiary/aromatic N) is 1. The Labute approximate surface area is 108 Å². The molecule has 0 radical (unpaired) electrons. The zero-order chi connectivity index (χ0) is 13.5. The minimum Gasteiger partial charge on any atom is -0.466 e. The number of esters is 1. The summed E-state index contributed by atoms with van der Waals surface area (Å²) < 4.78 is 17.7. The molecule has 0 aliphatic heterocycles. The number of rotatable bonds is 6. The van der Waals surface area contributed by atoms with Gasteiger partial charge < -0.3 is 9.64 Å². The van der Waals surface area contributed by atoms with Gasteiger partial charge in [-0.05, 0) is 31.7 Å². The largest absolute Gasteiger partial charge is 0.466 e. The predicted octanol–water partition coefficient (Wildman–Crippen LogP) is 2.46. The van der Waals surface area contributed by atoms with Crippen LogP contribution >= 0.6 is 0 Å². The molecule has 1 rings (SSSR count). The fourth-order valence-corrected chi connectivity index (χ4v) is 1.79. The van der Waals surface area contributed by atoms with Crippen LogP contribution in [0.3, 0.4) is 0 Å². The lowest BCUT2D eigenvalue weighted by atomic mass is 10.1. The Hall–Kier alpha value is -1.42. The van der Waals surface area contributed by atoms with Crippen molar-refractivity contribution in [2.45, 2.75) is 20.4 Å². The van der Waals surface area contributed by atoms with E-state index in [1.807, 2.05) is 18.9 Å². The van der Waals surface area contributed by atoms with Crippen molar-refractivity contribution < 1.29 is 13.9 Å². The van der Waals surface area contributed by atoms with Crippen LogP contribution < -0.4 is 0 Å². The van der Waals surface area contributed by atoms with Gasteiger partial charge in [-0.25, -0.2) is 4.39 Å². The van der Waals surface area contributed by atoms with Crippen LogP contribution in [0.15, 0.2) is 24.3 Å². The molecule has 100 valence electrons. The number of hydrogen-bond donors (Lipinski definition) is 0. The molecular weight excluding hydrogens is 233 g/mol. The standard InChI is InChI=1S/C14H20FNO2/c1-4-18-14(17)11(2)9-16(3)10-12-5-7-13(15)8-6-12/h5-8,11H,4,9-10H2,1-3H3. The first-order valence-electron chi connectivity index (χ1n) is 6.12. The number of halogens is 1. The van der Waals surface area contributed by atoms with Gasteiger partial charge in [-0.15, -0.1) is 0 Å². The van der Waals surface area contributed by atoms with Gasteiger partial charge in [0.05, 0.1) is 12.5 Å². The van der Waals surface area contributed by atoms with E-state index in [1.54, 1.807) is 19.1 Å². The monoisotopic (exact) mass is 253 g/mol. The SMILES string of the molecule is CCOC(=O)C(C)CN(C)Cc1ccc(F)cc1. The third-order valence-corrected chi connectivity index (χ3v) is 2.64. The second-order valence-corrected chi connectivity index (χ2v) is 4.48. The molecule has 0 heterocycles. The summed E-state index contributed by atoms with van der Waals surface area (Å²) in [7, 11) is 1.93. The highest BCUT2D eigenvalue weighted by Gasteiger charge is 2.16. The van der Waals surface area contributed by atoms with Gasteiger partial charge in [0.15, 0.2) is 0 Å². The van der Waals surface area contributed by atoms with Crippen LogP contribution in [0.4, 0.5) is 4.39 Å². The van der Waals surface area contributed by atoms with Crippen LogP contribution in [0, 0.1) is 11.7 Å².